The van der Waals surface area contributed by atoms with Crippen LogP contribution in [0.1, 0.15) is 53.9 Å². The monoisotopic (exact) mass is 457 g/mol. The molecular weight excluding hydrogens is 426 g/mol. The molecule has 34 heavy (non-hydrogen) atoms. The van der Waals surface area contributed by atoms with Crippen LogP contribution in [0.5, 0.6) is 0 Å². The number of aryl methyl sites for hydroxylation is 1. The van der Waals surface area contributed by atoms with E-state index in [0.717, 1.165) is 65.8 Å². The number of hydrogen-bond acceptors (Lipinski definition) is 5. The summed E-state index contributed by atoms with van der Waals surface area (Å²) in [6.45, 7) is 7.16. The number of benzene rings is 2. The molecule has 3 heterocycles. The van der Waals surface area contributed by atoms with E-state index < -0.39 is 12.1 Å². The topological polar surface area (TPSA) is 62.7 Å². The summed E-state index contributed by atoms with van der Waals surface area (Å²) in [5.41, 5.74) is 5.34. The lowest BCUT2D eigenvalue weighted by Gasteiger charge is -2.32. The Bertz CT molecular complexity index is 1240. The maximum Gasteiger partial charge on any atom is 0.340 e. The number of carbonyl (C=O) groups is 2. The zero-order valence-corrected chi connectivity index (χ0v) is 19.9. The Balaban J connectivity index is 1.48. The highest BCUT2D eigenvalue weighted by Gasteiger charge is 2.33. The average Bonchev–Trinajstić information content (AvgIpc) is 2.89. The van der Waals surface area contributed by atoms with E-state index in [9.17, 15) is 9.59 Å². The van der Waals surface area contributed by atoms with Crippen LogP contribution in [0.2, 0.25) is 0 Å². The first kappa shape index (κ1) is 22.5. The molecule has 3 aromatic rings. The molecule has 0 bridgehead atoms. The Morgan fingerprint density at radius 1 is 1.03 bits per heavy atom. The Hall–Kier alpha value is -3.25. The third kappa shape index (κ3) is 4.07. The predicted molar refractivity (Wildman–Crippen MR) is 133 cm³/mol. The molecular formula is C28H31N3O3. The molecule has 0 saturated heterocycles. The summed E-state index contributed by atoms with van der Waals surface area (Å²) in [5, 5.41) is 0.787. The Kier molecular flexibility index (Phi) is 6.33. The van der Waals surface area contributed by atoms with Crippen molar-refractivity contribution in [3.05, 3.63) is 70.9 Å². The number of esters is 1. The SMILES string of the molecule is CCC(OC(=O)c1c2c(nc3ccccc13)CCN(CC)C2)C(=O)N1CCCc2ccccc21. The Morgan fingerprint density at radius 2 is 1.82 bits per heavy atom. The quantitative estimate of drug-likeness (QED) is 0.527. The van der Waals surface area contributed by atoms with Crippen LogP contribution in [-0.4, -0.2) is 47.5 Å². The molecule has 176 valence electrons. The molecule has 6 nitrogen and oxygen atoms in total. The van der Waals surface area contributed by atoms with Crippen LogP contribution in [0.15, 0.2) is 48.5 Å². The first-order valence-electron chi connectivity index (χ1n) is 12.3. The fourth-order valence-corrected chi connectivity index (χ4v) is 5.18. The van der Waals surface area contributed by atoms with Gasteiger partial charge in [-0.15, -0.1) is 0 Å². The maximum absolute atomic E-state index is 13.7. The first-order valence-corrected chi connectivity index (χ1v) is 12.3. The summed E-state index contributed by atoms with van der Waals surface area (Å²) in [7, 11) is 0. The molecule has 0 radical (unpaired) electrons. The molecule has 5 rings (SSSR count). The second-order valence-electron chi connectivity index (χ2n) is 9.07. The number of likely N-dealkylation sites (N-methyl/N-ethyl adjacent to an activating group) is 1. The number of aromatic nitrogens is 1. The van der Waals surface area contributed by atoms with Crippen LogP contribution in [-0.2, 0) is 28.9 Å². The van der Waals surface area contributed by atoms with Crippen LogP contribution in [0.4, 0.5) is 5.69 Å². The zero-order chi connectivity index (χ0) is 23.7. The van der Waals surface area contributed by atoms with Crippen molar-refractivity contribution < 1.29 is 14.3 Å². The zero-order valence-electron chi connectivity index (χ0n) is 19.9. The van der Waals surface area contributed by atoms with Crippen molar-refractivity contribution in [2.45, 2.75) is 52.2 Å². The van der Waals surface area contributed by atoms with Gasteiger partial charge < -0.3 is 9.64 Å². The lowest BCUT2D eigenvalue weighted by Crippen LogP contribution is -2.44. The second kappa shape index (κ2) is 9.55. The van der Waals surface area contributed by atoms with Crippen LogP contribution in [0.25, 0.3) is 10.9 Å². The van der Waals surface area contributed by atoms with Gasteiger partial charge in [0.1, 0.15) is 0 Å². The van der Waals surface area contributed by atoms with Crippen molar-refractivity contribution in [2.24, 2.45) is 0 Å². The van der Waals surface area contributed by atoms with Crippen molar-refractivity contribution >= 4 is 28.5 Å². The molecule has 1 aromatic heterocycles. The fourth-order valence-electron chi connectivity index (χ4n) is 5.18. The van der Waals surface area contributed by atoms with Crippen molar-refractivity contribution in [1.82, 2.24) is 9.88 Å². The highest BCUT2D eigenvalue weighted by Crippen LogP contribution is 2.31. The summed E-state index contributed by atoms with van der Waals surface area (Å²) in [6, 6.07) is 15.7. The molecule has 0 spiro atoms. The van der Waals surface area contributed by atoms with E-state index in [-0.39, 0.29) is 5.91 Å². The van der Waals surface area contributed by atoms with Gasteiger partial charge in [0, 0.05) is 48.4 Å². The normalized spacial score (nSPS) is 16.6. The van der Waals surface area contributed by atoms with Crippen LogP contribution < -0.4 is 4.90 Å². The molecule has 1 amide bonds. The molecule has 0 fully saturated rings. The first-order chi connectivity index (χ1) is 16.6. The third-order valence-corrected chi connectivity index (χ3v) is 7.05. The standard InChI is InChI=1S/C28H31N3O3/c1-3-25(27(32)31-16-9-11-19-10-5-8-14-24(19)31)34-28(33)26-20-12-6-7-13-22(20)29-23-15-17-30(4-2)18-21(23)26/h5-8,10,12-14,25H,3-4,9,11,15-18H2,1-2H3. The van der Waals surface area contributed by atoms with Crippen LogP contribution in [0.3, 0.4) is 0 Å². The smallest absolute Gasteiger partial charge is 0.340 e. The number of para-hydroxylation sites is 2. The summed E-state index contributed by atoms with van der Waals surface area (Å²) in [5.74, 6) is -0.580. The van der Waals surface area contributed by atoms with Gasteiger partial charge in [0.05, 0.1) is 11.1 Å². The van der Waals surface area contributed by atoms with E-state index in [1.165, 1.54) is 0 Å². The number of anilines is 1. The maximum atomic E-state index is 13.7. The van der Waals surface area contributed by atoms with Gasteiger partial charge in [0.2, 0.25) is 0 Å². The van der Waals surface area contributed by atoms with Crippen molar-refractivity contribution in [3.63, 3.8) is 0 Å². The Morgan fingerprint density at radius 3 is 2.65 bits per heavy atom. The van der Waals surface area contributed by atoms with Gasteiger partial charge in [-0.05, 0) is 43.5 Å². The number of amides is 1. The van der Waals surface area contributed by atoms with Gasteiger partial charge in [-0.3, -0.25) is 14.7 Å². The molecule has 2 aliphatic heterocycles. The molecule has 0 saturated carbocycles. The number of hydrogen-bond donors (Lipinski definition) is 0. The summed E-state index contributed by atoms with van der Waals surface area (Å²) >= 11 is 0. The highest BCUT2D eigenvalue weighted by atomic mass is 16.5. The van der Waals surface area contributed by atoms with E-state index in [4.69, 9.17) is 9.72 Å². The van der Waals surface area contributed by atoms with Crippen LogP contribution in [0, 0.1) is 0 Å². The van der Waals surface area contributed by atoms with E-state index >= 15 is 0 Å². The number of carbonyl (C=O) groups excluding carboxylic acids is 2. The third-order valence-electron chi connectivity index (χ3n) is 7.05. The van der Waals surface area contributed by atoms with E-state index in [0.29, 0.717) is 25.1 Å². The predicted octanol–water partition coefficient (Wildman–Crippen LogP) is 4.53. The Labute approximate surface area is 200 Å². The molecule has 0 aliphatic carbocycles. The fraction of sp³-hybridized carbons (Fsp3) is 0.393. The van der Waals surface area contributed by atoms with Gasteiger partial charge in [-0.25, -0.2) is 4.79 Å². The van der Waals surface area contributed by atoms with Gasteiger partial charge in [-0.2, -0.15) is 0 Å². The molecule has 1 atom stereocenters. The summed E-state index contributed by atoms with van der Waals surface area (Å²) < 4.78 is 5.98. The van der Waals surface area contributed by atoms with Crippen molar-refractivity contribution in [1.29, 1.82) is 0 Å². The van der Waals surface area contributed by atoms with Crippen molar-refractivity contribution in [3.8, 4) is 0 Å². The summed E-state index contributed by atoms with van der Waals surface area (Å²) in [6.07, 6.45) is 2.26. The van der Waals surface area contributed by atoms with Gasteiger partial charge in [-0.1, -0.05) is 50.2 Å². The molecule has 6 heteroatoms. The van der Waals surface area contributed by atoms with Crippen LogP contribution >= 0.6 is 0 Å². The number of pyridine rings is 1. The highest BCUT2D eigenvalue weighted by molar-refractivity contribution is 6.07. The minimum atomic E-state index is -0.827. The van der Waals surface area contributed by atoms with E-state index in [1.807, 2.05) is 49.4 Å². The minimum absolute atomic E-state index is 0.148. The number of fused-ring (bicyclic) bond motifs is 3. The largest absolute Gasteiger partial charge is 0.449 e. The molecule has 0 N–H and O–H groups in total. The average molecular weight is 458 g/mol. The van der Waals surface area contributed by atoms with Gasteiger partial charge >= 0.3 is 5.97 Å². The van der Waals surface area contributed by atoms with E-state index in [2.05, 4.69) is 17.9 Å². The lowest BCUT2D eigenvalue weighted by molar-refractivity contribution is -0.127. The van der Waals surface area contributed by atoms with Crippen molar-refractivity contribution in [2.75, 3.05) is 24.5 Å². The minimum Gasteiger partial charge on any atom is -0.449 e. The molecule has 1 unspecified atom stereocenters. The number of rotatable bonds is 5. The second-order valence-corrected chi connectivity index (χ2v) is 9.07. The van der Waals surface area contributed by atoms with Gasteiger partial charge in [0.15, 0.2) is 6.10 Å². The molecule has 2 aromatic carbocycles. The molecule has 2 aliphatic rings. The summed E-state index contributed by atoms with van der Waals surface area (Å²) in [4.78, 5) is 36.2. The number of ether oxygens (including phenoxy) is 1. The lowest BCUT2D eigenvalue weighted by atomic mass is 9.95. The van der Waals surface area contributed by atoms with Gasteiger partial charge in [0.25, 0.3) is 5.91 Å². The van der Waals surface area contributed by atoms with E-state index in [1.54, 1.807) is 4.90 Å². The number of nitrogens with zero attached hydrogens (tertiary/aromatic N) is 3.